The Kier molecular flexibility index (Phi) is 64.8. The van der Waals surface area contributed by atoms with Crippen molar-refractivity contribution in [2.45, 2.75) is 322 Å². The highest BCUT2D eigenvalue weighted by molar-refractivity contribution is 5.71. The first kappa shape index (κ1) is 76.8. The van der Waals surface area contributed by atoms with Gasteiger partial charge in [0.2, 0.25) is 0 Å². The zero-order chi connectivity index (χ0) is 58.5. The van der Waals surface area contributed by atoms with Gasteiger partial charge in [0.15, 0.2) is 6.10 Å². The largest absolute Gasteiger partial charge is 0.462 e. The predicted octanol–water partition coefficient (Wildman–Crippen LogP) is 23.6. The Balaban J connectivity index is 4.46. The molecule has 0 N–H and O–H groups in total. The van der Waals surface area contributed by atoms with Crippen molar-refractivity contribution < 1.29 is 28.6 Å². The first-order valence-corrected chi connectivity index (χ1v) is 34.0. The van der Waals surface area contributed by atoms with Gasteiger partial charge in [-0.05, 0) is 135 Å². The molecule has 0 saturated heterocycles. The van der Waals surface area contributed by atoms with E-state index in [0.717, 1.165) is 103 Å². The molecule has 0 saturated carbocycles. The van der Waals surface area contributed by atoms with Crippen LogP contribution in [0, 0.1) is 0 Å². The second-order valence-corrected chi connectivity index (χ2v) is 22.3. The zero-order valence-corrected chi connectivity index (χ0v) is 53.0. The van der Waals surface area contributed by atoms with Crippen LogP contribution in [0.3, 0.4) is 0 Å². The lowest BCUT2D eigenvalue weighted by Crippen LogP contribution is -2.30. The van der Waals surface area contributed by atoms with Crippen LogP contribution >= 0.6 is 0 Å². The van der Waals surface area contributed by atoms with Gasteiger partial charge in [-0.3, -0.25) is 14.4 Å². The Hall–Kier alpha value is -4.19. The number of allylic oxidation sites excluding steroid dienone is 20. The van der Waals surface area contributed by atoms with Crippen molar-refractivity contribution in [2.24, 2.45) is 0 Å². The SMILES string of the molecule is CC/C=C\C/C=C\C/C=C\C/C=C\C/C=C\C/C=C\CCCCC(=O)OC(COC(=O)CCCCCCCCCCC/C=C\C/C=C\CCCCC)COC(=O)CCCCCCCCCCCCC/C=C\C/C=C\CCCCCCC. The van der Waals surface area contributed by atoms with Crippen LogP contribution in [0.1, 0.15) is 316 Å². The van der Waals surface area contributed by atoms with Crippen LogP contribution in [-0.4, -0.2) is 37.2 Å². The third kappa shape index (κ3) is 66.5. The Bertz CT molecular complexity index is 1670. The van der Waals surface area contributed by atoms with E-state index in [9.17, 15) is 14.4 Å². The predicted molar refractivity (Wildman–Crippen MR) is 353 cm³/mol. The normalized spacial score (nSPS) is 12.9. The van der Waals surface area contributed by atoms with Crippen molar-refractivity contribution in [3.05, 3.63) is 122 Å². The number of hydrogen-bond donors (Lipinski definition) is 0. The van der Waals surface area contributed by atoms with Gasteiger partial charge in [0.1, 0.15) is 13.2 Å². The molecule has 0 aromatic carbocycles. The van der Waals surface area contributed by atoms with E-state index >= 15 is 0 Å². The Morgan fingerprint density at radius 1 is 0.259 bits per heavy atom. The third-order valence-electron chi connectivity index (χ3n) is 14.4. The molecule has 0 fully saturated rings. The van der Waals surface area contributed by atoms with Gasteiger partial charge in [-0.15, -0.1) is 0 Å². The van der Waals surface area contributed by atoms with Crippen LogP contribution in [0.4, 0.5) is 0 Å². The maximum Gasteiger partial charge on any atom is 0.306 e. The lowest BCUT2D eigenvalue weighted by molar-refractivity contribution is -0.167. The number of unbranched alkanes of at least 4 members (excludes halogenated alkanes) is 30. The van der Waals surface area contributed by atoms with Crippen LogP contribution in [0.5, 0.6) is 0 Å². The second kappa shape index (κ2) is 68.3. The summed E-state index contributed by atoms with van der Waals surface area (Å²) in [6.07, 6.45) is 94.9. The second-order valence-electron chi connectivity index (χ2n) is 22.3. The molecule has 1 atom stereocenters. The molecule has 0 amide bonds. The summed E-state index contributed by atoms with van der Waals surface area (Å²) in [6, 6.07) is 0. The van der Waals surface area contributed by atoms with Gasteiger partial charge in [-0.1, -0.05) is 284 Å². The summed E-state index contributed by atoms with van der Waals surface area (Å²) in [5, 5.41) is 0. The molecular weight excluding hydrogens is 997 g/mol. The fourth-order valence-corrected chi connectivity index (χ4v) is 9.33. The summed E-state index contributed by atoms with van der Waals surface area (Å²) in [7, 11) is 0. The van der Waals surface area contributed by atoms with Gasteiger partial charge >= 0.3 is 17.9 Å². The number of carbonyl (C=O) groups is 3. The maximum atomic E-state index is 12.9. The van der Waals surface area contributed by atoms with Crippen molar-refractivity contribution in [2.75, 3.05) is 13.2 Å². The van der Waals surface area contributed by atoms with Crippen LogP contribution in [0.2, 0.25) is 0 Å². The van der Waals surface area contributed by atoms with Gasteiger partial charge in [0, 0.05) is 19.3 Å². The topological polar surface area (TPSA) is 78.9 Å². The van der Waals surface area contributed by atoms with E-state index in [1.54, 1.807) is 0 Å². The average Bonchev–Trinajstić information content (AvgIpc) is 3.47. The van der Waals surface area contributed by atoms with E-state index in [1.807, 2.05) is 0 Å². The lowest BCUT2D eigenvalue weighted by Gasteiger charge is -2.18. The Morgan fingerprint density at radius 3 is 0.802 bits per heavy atom. The van der Waals surface area contributed by atoms with Gasteiger partial charge in [-0.25, -0.2) is 0 Å². The van der Waals surface area contributed by atoms with E-state index in [2.05, 4.69) is 142 Å². The molecule has 462 valence electrons. The third-order valence-corrected chi connectivity index (χ3v) is 14.4. The summed E-state index contributed by atoms with van der Waals surface area (Å²) in [5.41, 5.74) is 0. The van der Waals surface area contributed by atoms with Crippen LogP contribution in [0.25, 0.3) is 0 Å². The zero-order valence-electron chi connectivity index (χ0n) is 53.0. The van der Waals surface area contributed by atoms with Crippen LogP contribution < -0.4 is 0 Å². The summed E-state index contributed by atoms with van der Waals surface area (Å²) < 4.78 is 16.9. The molecular formula is C75H126O6. The average molecular weight is 1120 g/mol. The quantitative estimate of drug-likeness (QED) is 0.0261. The number of ether oxygens (including phenoxy) is 3. The maximum absolute atomic E-state index is 12.9. The molecule has 0 aliphatic rings. The molecule has 0 aliphatic carbocycles. The molecule has 0 heterocycles. The van der Waals surface area contributed by atoms with E-state index in [0.29, 0.717) is 19.3 Å². The molecule has 0 aliphatic heterocycles. The first-order valence-electron chi connectivity index (χ1n) is 34.0. The number of hydrogen-bond acceptors (Lipinski definition) is 6. The van der Waals surface area contributed by atoms with Gasteiger partial charge in [0.05, 0.1) is 0 Å². The Morgan fingerprint density at radius 2 is 0.481 bits per heavy atom. The van der Waals surface area contributed by atoms with Crippen LogP contribution in [-0.2, 0) is 28.6 Å². The van der Waals surface area contributed by atoms with E-state index in [4.69, 9.17) is 14.2 Å². The van der Waals surface area contributed by atoms with Crippen molar-refractivity contribution in [1.82, 2.24) is 0 Å². The fourth-order valence-electron chi connectivity index (χ4n) is 9.33. The monoisotopic (exact) mass is 1120 g/mol. The van der Waals surface area contributed by atoms with Crippen molar-refractivity contribution >= 4 is 17.9 Å². The van der Waals surface area contributed by atoms with Crippen molar-refractivity contribution in [3.8, 4) is 0 Å². The molecule has 0 aromatic rings. The molecule has 0 aromatic heterocycles. The van der Waals surface area contributed by atoms with Crippen molar-refractivity contribution in [1.29, 1.82) is 0 Å². The minimum absolute atomic E-state index is 0.0996. The lowest BCUT2D eigenvalue weighted by atomic mass is 10.0. The molecule has 1 unspecified atom stereocenters. The number of rotatable bonds is 61. The molecule has 0 rings (SSSR count). The molecule has 0 radical (unpaired) electrons. The minimum Gasteiger partial charge on any atom is -0.462 e. The summed E-state index contributed by atoms with van der Waals surface area (Å²) in [6.45, 7) is 6.48. The molecule has 0 spiro atoms. The highest BCUT2D eigenvalue weighted by Gasteiger charge is 2.19. The summed E-state index contributed by atoms with van der Waals surface area (Å²) in [4.78, 5) is 38.4. The smallest absolute Gasteiger partial charge is 0.306 e. The minimum atomic E-state index is -0.809. The first-order chi connectivity index (χ1) is 40.0. The van der Waals surface area contributed by atoms with Gasteiger partial charge < -0.3 is 14.2 Å². The van der Waals surface area contributed by atoms with Crippen LogP contribution in [0.15, 0.2) is 122 Å². The molecule has 6 heteroatoms. The highest BCUT2D eigenvalue weighted by Crippen LogP contribution is 2.16. The standard InChI is InChI=1S/C75H126O6/c1-4-7-10-13-16-19-22-25-28-31-34-36-37-39-41-44-47-50-53-56-59-62-65-68-74(77)80-71-72(70-79-73(76)67-64-61-58-55-52-49-46-43-40-33-30-27-24-21-18-15-12-9-6-3)81-75(78)69-66-63-60-57-54-51-48-45-42-38-35-32-29-26-23-20-17-14-11-8-5-2/h8,11,17-18,20-22,25-27,29-31,34-35,38,45,48,54,57,72H,4-7,9-10,12-16,19,23-24,28,32-33,36-37,39-44,46-47,49-53,55-56,58-71H2,1-3H3/b11-8-,20-17-,21-18-,25-22-,29-26-,30-27-,34-31-,38-35-,48-45-,57-54-. The van der Waals surface area contributed by atoms with Gasteiger partial charge in [0.25, 0.3) is 0 Å². The molecule has 6 nitrogen and oxygen atoms in total. The number of carbonyl (C=O) groups excluding carboxylic acids is 3. The Labute approximate surface area is 501 Å². The van der Waals surface area contributed by atoms with Gasteiger partial charge in [-0.2, -0.15) is 0 Å². The summed E-state index contributed by atoms with van der Waals surface area (Å²) >= 11 is 0. The highest BCUT2D eigenvalue weighted by atomic mass is 16.6. The fraction of sp³-hybridized carbons (Fsp3) is 0.693. The molecule has 81 heavy (non-hydrogen) atoms. The van der Waals surface area contributed by atoms with E-state index < -0.39 is 6.10 Å². The van der Waals surface area contributed by atoms with Crippen molar-refractivity contribution in [3.63, 3.8) is 0 Å². The van der Waals surface area contributed by atoms with E-state index in [1.165, 1.54) is 167 Å². The summed E-state index contributed by atoms with van der Waals surface area (Å²) in [5.74, 6) is -0.941. The van der Waals surface area contributed by atoms with E-state index in [-0.39, 0.29) is 37.5 Å². The number of esters is 3. The molecule has 0 bridgehead atoms.